The smallest absolute Gasteiger partial charge is 0.503 e. The van der Waals surface area contributed by atoms with Crippen molar-refractivity contribution in [1.29, 1.82) is 0 Å². The van der Waals surface area contributed by atoms with Gasteiger partial charge in [-0.3, -0.25) is 19.2 Å². The van der Waals surface area contributed by atoms with Crippen LogP contribution in [0.4, 0.5) is 36.4 Å². The van der Waals surface area contributed by atoms with Gasteiger partial charge in [-0.25, -0.2) is 18.4 Å². The fourth-order valence-corrected chi connectivity index (χ4v) is 8.61. The minimum Gasteiger partial charge on any atom is -0.503 e. The van der Waals surface area contributed by atoms with Gasteiger partial charge < -0.3 is 48.2 Å². The first-order valence-electron chi connectivity index (χ1n) is 22.1. The number of amides is 1. The van der Waals surface area contributed by atoms with Gasteiger partial charge in [0.2, 0.25) is 17.4 Å². The molecule has 5 aromatic rings. The molecule has 0 radical (unpaired) electrons. The van der Waals surface area contributed by atoms with Crippen molar-refractivity contribution >= 4 is 56.9 Å². The number of ether oxygens (including phenoxy) is 4. The second-order valence-corrected chi connectivity index (χ2v) is 17.9. The molecule has 0 bridgehead atoms. The number of anilines is 1. The Bertz CT molecular complexity index is 3180. The molecular formula is C48H44F7N3O15S. The summed E-state index contributed by atoms with van der Waals surface area (Å²) in [4.78, 5) is 72.7. The molecule has 1 atom stereocenters. The molecule has 1 spiro atoms. The summed E-state index contributed by atoms with van der Waals surface area (Å²) in [5.74, 6) is -16.8. The maximum atomic E-state index is 15.4. The zero-order valence-electron chi connectivity index (χ0n) is 39.4. The van der Waals surface area contributed by atoms with Crippen LogP contribution in [0, 0.1) is 23.3 Å². The summed E-state index contributed by atoms with van der Waals surface area (Å²) in [6, 6.07) is 11.1. The largest absolute Gasteiger partial charge is 0.534 e. The maximum Gasteiger partial charge on any atom is 0.534 e. The van der Waals surface area contributed by atoms with Crippen molar-refractivity contribution in [1.82, 2.24) is 10.6 Å². The van der Waals surface area contributed by atoms with Gasteiger partial charge in [-0.05, 0) is 62.4 Å². The van der Waals surface area contributed by atoms with E-state index in [-0.39, 0.29) is 59.4 Å². The van der Waals surface area contributed by atoms with Crippen LogP contribution in [-0.2, 0) is 39.5 Å². The zero-order chi connectivity index (χ0) is 54.4. The number of phenolic OH excluding ortho intramolecular Hbond substituents is 1. The van der Waals surface area contributed by atoms with Crippen molar-refractivity contribution in [2.45, 2.75) is 62.1 Å². The summed E-state index contributed by atoms with van der Waals surface area (Å²) in [6.45, 7) is 0.603. The number of fused-ring (bicyclic) bond motifs is 7. The van der Waals surface area contributed by atoms with E-state index in [0.29, 0.717) is 30.2 Å². The number of aldehydes is 1. The average molecular weight is 1070 g/mol. The Labute approximate surface area is 415 Å². The lowest BCUT2D eigenvalue weighted by molar-refractivity contribution is -0.140. The molecule has 1 amide bonds. The number of hydrogen-bond acceptors (Lipinski definition) is 17. The summed E-state index contributed by atoms with van der Waals surface area (Å²) in [7, 11) is -0.526. The number of nitrogens with one attached hydrogen (secondary N) is 2. The SMILES string of the molecule is CNC(=O)c1cc2ccc(N(CCC(=O)OC)CCC(=O)OC)cc2oc1=O.CNC1CCCCC1.O=Cc1ccc2c(c1)C1(OC2=O)c2cc(F)c(O)c(F)c2Oc2c1cc(F)c(OS(=O)(=O)C(F)(F)F)c2F. The molecule has 26 heteroatoms. The molecular weight excluding hydrogens is 1020 g/mol. The number of aromatic hydroxyl groups is 1. The van der Waals surface area contributed by atoms with Crippen molar-refractivity contribution in [3.63, 3.8) is 0 Å². The molecule has 1 fully saturated rings. The number of rotatable bonds is 12. The number of hydrogen-bond donors (Lipinski definition) is 3. The number of nitrogens with zero attached hydrogens (tertiary/aromatic N) is 1. The Morgan fingerprint density at radius 3 is 2.00 bits per heavy atom. The number of benzene rings is 4. The van der Waals surface area contributed by atoms with Gasteiger partial charge in [0, 0.05) is 54.4 Å². The molecule has 1 aliphatic carbocycles. The highest BCUT2D eigenvalue weighted by atomic mass is 32.2. The van der Waals surface area contributed by atoms with Crippen LogP contribution in [0.5, 0.6) is 23.0 Å². The minimum absolute atomic E-state index is 0.0870. The Morgan fingerprint density at radius 1 is 0.838 bits per heavy atom. The third-order valence-corrected chi connectivity index (χ3v) is 12.9. The van der Waals surface area contributed by atoms with Crippen molar-refractivity contribution in [2.24, 2.45) is 0 Å². The van der Waals surface area contributed by atoms with E-state index in [0.717, 1.165) is 24.2 Å². The second-order valence-electron chi connectivity index (χ2n) is 16.4. The van der Waals surface area contributed by atoms with Crippen LogP contribution in [0.2, 0.25) is 0 Å². The summed E-state index contributed by atoms with van der Waals surface area (Å²) >= 11 is 0. The van der Waals surface area contributed by atoms with Gasteiger partial charge in [-0.15, -0.1) is 0 Å². The molecule has 396 valence electrons. The predicted octanol–water partition coefficient (Wildman–Crippen LogP) is 7.18. The molecule has 0 saturated heterocycles. The van der Waals surface area contributed by atoms with Gasteiger partial charge in [0.15, 0.2) is 34.5 Å². The van der Waals surface area contributed by atoms with Gasteiger partial charge in [0.05, 0.1) is 43.8 Å². The molecule has 2 aliphatic heterocycles. The summed E-state index contributed by atoms with van der Waals surface area (Å²) in [6.07, 6.45) is 7.66. The lowest BCUT2D eigenvalue weighted by Gasteiger charge is -2.37. The van der Waals surface area contributed by atoms with Crippen molar-refractivity contribution in [3.05, 3.63) is 122 Å². The van der Waals surface area contributed by atoms with Crippen LogP contribution in [0.15, 0.2) is 63.8 Å². The van der Waals surface area contributed by atoms with E-state index in [1.807, 2.05) is 0 Å². The minimum atomic E-state index is -6.62. The van der Waals surface area contributed by atoms with Crippen molar-refractivity contribution in [2.75, 3.05) is 46.3 Å². The van der Waals surface area contributed by atoms with Crippen molar-refractivity contribution in [3.8, 4) is 23.0 Å². The maximum absolute atomic E-state index is 15.4. The van der Waals surface area contributed by atoms with Gasteiger partial charge in [-0.1, -0.05) is 25.3 Å². The molecule has 18 nitrogen and oxygen atoms in total. The zero-order valence-corrected chi connectivity index (χ0v) is 40.2. The normalized spacial score (nSPS) is 15.6. The Morgan fingerprint density at radius 2 is 1.45 bits per heavy atom. The second kappa shape index (κ2) is 22.6. The van der Waals surface area contributed by atoms with Crippen LogP contribution in [-0.4, -0.2) is 96.6 Å². The van der Waals surface area contributed by atoms with Crippen LogP contribution in [0.1, 0.15) is 92.7 Å². The topological polar surface area (TPSA) is 243 Å². The van der Waals surface area contributed by atoms with Crippen LogP contribution in [0.3, 0.4) is 0 Å². The van der Waals surface area contributed by atoms with E-state index in [1.165, 1.54) is 59.4 Å². The number of phenols is 1. The number of esters is 3. The first-order chi connectivity index (χ1) is 35.0. The molecule has 1 unspecified atom stereocenters. The Kier molecular flexibility index (Phi) is 17.0. The molecule has 4 aromatic carbocycles. The predicted molar refractivity (Wildman–Crippen MR) is 244 cm³/mol. The monoisotopic (exact) mass is 1070 g/mol. The fraction of sp³-hybridized carbons (Fsp3) is 0.333. The lowest BCUT2D eigenvalue weighted by Crippen LogP contribution is -2.35. The molecule has 3 heterocycles. The standard InChI is InChI=1S/C22H7F7O8S.C19H22N2O7.C7H15N/c23-12-4-10-17(14(25)16(12)31)35-18-11(5-13(24)19(15(18)26)37-38(33,34)22(27,28)29)21(10)9-3-7(6-30)1-2-8(9)20(32)36-21;1-20-18(24)14-10-12-4-5-13(11-15(12)28-19(14)25)21(8-6-16(22)26-2)9-7-17(23)27-3;1-8-7-5-3-2-4-6-7/h1-6,31H;4-5,10-11H,6-9H2,1-3H3,(H,20,24);7-8H,2-6H2,1H3. The van der Waals surface area contributed by atoms with Crippen LogP contribution in [0.25, 0.3) is 11.0 Å². The van der Waals surface area contributed by atoms with Gasteiger partial charge >= 0.3 is 39.2 Å². The number of carbonyl (C=O) groups excluding carboxylic acids is 5. The molecule has 74 heavy (non-hydrogen) atoms. The first kappa shape index (κ1) is 55.6. The van der Waals surface area contributed by atoms with E-state index in [9.17, 15) is 68.6 Å². The molecule has 3 N–H and O–H groups in total. The third kappa shape index (κ3) is 11.2. The molecule has 1 saturated carbocycles. The first-order valence-corrected chi connectivity index (χ1v) is 23.5. The summed E-state index contributed by atoms with van der Waals surface area (Å²) in [5.41, 5.74) is -11.3. The van der Waals surface area contributed by atoms with Crippen LogP contribution >= 0.6 is 0 Å². The van der Waals surface area contributed by atoms with Gasteiger partial charge in [-0.2, -0.15) is 30.4 Å². The number of alkyl halides is 3. The van der Waals surface area contributed by atoms with E-state index in [4.69, 9.17) is 13.9 Å². The number of carbonyl (C=O) groups is 5. The molecule has 3 aliphatic rings. The van der Waals surface area contributed by atoms with E-state index >= 15 is 4.39 Å². The lowest BCUT2D eigenvalue weighted by atomic mass is 9.77. The molecule has 8 rings (SSSR count). The van der Waals surface area contributed by atoms with Crippen LogP contribution < -0.4 is 30.1 Å². The average Bonchev–Trinajstić information content (AvgIpc) is 3.67. The number of halogens is 7. The number of methoxy groups -OCH3 is 2. The Hall–Kier alpha value is -7.74. The fourth-order valence-electron chi connectivity index (χ4n) is 8.14. The van der Waals surface area contributed by atoms with E-state index in [2.05, 4.69) is 31.3 Å². The third-order valence-electron chi connectivity index (χ3n) is 11.9. The van der Waals surface area contributed by atoms with Gasteiger partial charge in [0.1, 0.15) is 17.4 Å². The van der Waals surface area contributed by atoms with Gasteiger partial charge in [0.25, 0.3) is 5.91 Å². The highest BCUT2D eigenvalue weighted by Crippen LogP contribution is 2.59. The molecule has 1 aromatic heterocycles. The summed E-state index contributed by atoms with van der Waals surface area (Å²) < 4.78 is 149. The highest BCUT2D eigenvalue weighted by Gasteiger charge is 2.57. The van der Waals surface area contributed by atoms with E-state index in [1.54, 1.807) is 23.1 Å². The van der Waals surface area contributed by atoms with E-state index < -0.39 is 102 Å². The summed E-state index contributed by atoms with van der Waals surface area (Å²) in [5, 5.41) is 16.0. The quantitative estimate of drug-likeness (QED) is 0.0213. The Balaban J connectivity index is 0.000000216. The van der Waals surface area contributed by atoms with Crippen molar-refractivity contribution < 1.29 is 95.8 Å². The highest BCUT2D eigenvalue weighted by molar-refractivity contribution is 7.88.